The third-order valence-electron chi connectivity index (χ3n) is 3.52. The quantitative estimate of drug-likeness (QED) is 0.719. The van der Waals surface area contributed by atoms with E-state index in [1.54, 1.807) is 19.2 Å². The number of hydrogen-bond acceptors (Lipinski definition) is 3. The van der Waals surface area contributed by atoms with Crippen molar-refractivity contribution in [2.24, 2.45) is 11.7 Å². The van der Waals surface area contributed by atoms with Gasteiger partial charge in [0.1, 0.15) is 0 Å². The number of amides is 2. The molecular formula is C16H25N3O2. The third-order valence-corrected chi connectivity index (χ3v) is 3.52. The van der Waals surface area contributed by atoms with Crippen molar-refractivity contribution in [3.05, 3.63) is 29.3 Å². The number of benzene rings is 1. The van der Waals surface area contributed by atoms with Crippen LogP contribution < -0.4 is 16.4 Å². The van der Waals surface area contributed by atoms with E-state index in [4.69, 9.17) is 5.73 Å². The van der Waals surface area contributed by atoms with E-state index in [9.17, 15) is 9.59 Å². The number of hydrogen-bond donors (Lipinski definition) is 3. The molecule has 0 radical (unpaired) electrons. The number of carbonyl (C=O) groups is 2. The third kappa shape index (κ3) is 5.55. The first-order valence-electron chi connectivity index (χ1n) is 7.30. The van der Waals surface area contributed by atoms with Crippen LogP contribution in [-0.4, -0.2) is 25.4 Å². The SMILES string of the molecule is CNC(=O)c1ccc(C)c(NC(=O)CCC(C)CCN)c1. The van der Waals surface area contributed by atoms with Crippen molar-refractivity contribution in [2.75, 3.05) is 18.9 Å². The van der Waals surface area contributed by atoms with Crippen LogP contribution in [0.15, 0.2) is 18.2 Å². The van der Waals surface area contributed by atoms with E-state index in [0.717, 1.165) is 18.4 Å². The van der Waals surface area contributed by atoms with Gasteiger partial charge in [-0.05, 0) is 49.9 Å². The van der Waals surface area contributed by atoms with Gasteiger partial charge in [-0.25, -0.2) is 0 Å². The average Bonchev–Trinajstić information content (AvgIpc) is 2.47. The van der Waals surface area contributed by atoms with Crippen molar-refractivity contribution < 1.29 is 9.59 Å². The van der Waals surface area contributed by atoms with Gasteiger partial charge < -0.3 is 16.4 Å². The minimum atomic E-state index is -0.165. The van der Waals surface area contributed by atoms with Gasteiger partial charge in [-0.3, -0.25) is 9.59 Å². The van der Waals surface area contributed by atoms with Crippen molar-refractivity contribution in [1.82, 2.24) is 5.32 Å². The summed E-state index contributed by atoms with van der Waals surface area (Å²) in [5, 5.41) is 5.45. The van der Waals surface area contributed by atoms with Crippen LogP contribution in [-0.2, 0) is 4.79 Å². The molecular weight excluding hydrogens is 266 g/mol. The second kappa shape index (κ2) is 8.42. The fourth-order valence-corrected chi connectivity index (χ4v) is 2.06. The molecule has 1 unspecified atom stereocenters. The van der Waals surface area contributed by atoms with Crippen LogP contribution in [0, 0.1) is 12.8 Å². The molecule has 1 aromatic rings. The summed E-state index contributed by atoms with van der Waals surface area (Å²) in [6.45, 7) is 4.65. The Balaban J connectivity index is 2.65. The molecule has 0 fully saturated rings. The molecule has 0 saturated carbocycles. The summed E-state index contributed by atoms with van der Waals surface area (Å²) < 4.78 is 0. The number of rotatable bonds is 7. The molecule has 4 N–H and O–H groups in total. The van der Waals surface area contributed by atoms with Crippen molar-refractivity contribution in [1.29, 1.82) is 0 Å². The van der Waals surface area contributed by atoms with E-state index in [1.165, 1.54) is 0 Å². The molecule has 1 atom stereocenters. The molecule has 0 saturated heterocycles. The Morgan fingerprint density at radius 2 is 2.00 bits per heavy atom. The molecule has 0 aliphatic carbocycles. The molecule has 0 aromatic heterocycles. The first-order chi connectivity index (χ1) is 9.97. The van der Waals surface area contributed by atoms with Crippen LogP contribution in [0.25, 0.3) is 0 Å². The number of carbonyl (C=O) groups excluding carboxylic acids is 2. The molecule has 0 aliphatic heterocycles. The molecule has 5 heteroatoms. The zero-order valence-electron chi connectivity index (χ0n) is 13.0. The Bertz CT molecular complexity index is 500. The molecule has 21 heavy (non-hydrogen) atoms. The highest BCUT2D eigenvalue weighted by Gasteiger charge is 2.10. The van der Waals surface area contributed by atoms with Crippen LogP contribution in [0.5, 0.6) is 0 Å². The Hall–Kier alpha value is -1.88. The zero-order valence-corrected chi connectivity index (χ0v) is 13.0. The largest absolute Gasteiger partial charge is 0.355 e. The Labute approximate surface area is 126 Å². The van der Waals surface area contributed by atoms with Gasteiger partial charge in [0, 0.05) is 24.7 Å². The Kier molecular flexibility index (Phi) is 6.88. The van der Waals surface area contributed by atoms with Crippen molar-refractivity contribution in [3.8, 4) is 0 Å². The summed E-state index contributed by atoms with van der Waals surface area (Å²) >= 11 is 0. The normalized spacial score (nSPS) is 11.8. The first-order valence-corrected chi connectivity index (χ1v) is 7.30. The number of anilines is 1. The van der Waals surface area contributed by atoms with Crippen molar-refractivity contribution >= 4 is 17.5 Å². The lowest BCUT2D eigenvalue weighted by atomic mass is 10.0. The smallest absolute Gasteiger partial charge is 0.251 e. The second-order valence-corrected chi connectivity index (χ2v) is 5.38. The standard InChI is InChI=1S/C16H25N3O2/c1-11(8-9-17)4-7-15(20)19-14-10-13(16(21)18-3)6-5-12(14)2/h5-6,10-11H,4,7-9,17H2,1-3H3,(H,18,21)(H,19,20). The van der Waals surface area contributed by atoms with E-state index in [2.05, 4.69) is 17.6 Å². The maximum atomic E-state index is 12.0. The van der Waals surface area contributed by atoms with Gasteiger partial charge in [-0.1, -0.05) is 13.0 Å². The minimum Gasteiger partial charge on any atom is -0.355 e. The van der Waals surface area contributed by atoms with Crippen LogP contribution in [0.4, 0.5) is 5.69 Å². The Morgan fingerprint density at radius 1 is 1.29 bits per heavy atom. The van der Waals surface area contributed by atoms with Crippen LogP contribution in [0.2, 0.25) is 0 Å². The van der Waals surface area contributed by atoms with Gasteiger partial charge in [0.05, 0.1) is 0 Å². The van der Waals surface area contributed by atoms with E-state index in [-0.39, 0.29) is 11.8 Å². The molecule has 5 nitrogen and oxygen atoms in total. The minimum absolute atomic E-state index is 0.0315. The Morgan fingerprint density at radius 3 is 2.62 bits per heavy atom. The molecule has 116 valence electrons. The van der Waals surface area contributed by atoms with Crippen molar-refractivity contribution in [3.63, 3.8) is 0 Å². The van der Waals surface area contributed by atoms with E-state index >= 15 is 0 Å². The lowest BCUT2D eigenvalue weighted by Crippen LogP contribution is -2.19. The van der Waals surface area contributed by atoms with Crippen LogP contribution in [0.3, 0.4) is 0 Å². The molecule has 0 heterocycles. The topological polar surface area (TPSA) is 84.2 Å². The summed E-state index contributed by atoms with van der Waals surface area (Å²) in [6, 6.07) is 5.28. The number of nitrogens with one attached hydrogen (secondary N) is 2. The van der Waals surface area contributed by atoms with Crippen LogP contribution in [0.1, 0.15) is 42.1 Å². The highest BCUT2D eigenvalue weighted by Crippen LogP contribution is 2.18. The highest BCUT2D eigenvalue weighted by atomic mass is 16.2. The molecule has 0 spiro atoms. The predicted molar refractivity (Wildman–Crippen MR) is 85.3 cm³/mol. The monoisotopic (exact) mass is 291 g/mol. The average molecular weight is 291 g/mol. The maximum Gasteiger partial charge on any atom is 0.251 e. The first kappa shape index (κ1) is 17.2. The summed E-state index contributed by atoms with van der Waals surface area (Å²) in [7, 11) is 1.58. The number of aryl methyl sites for hydroxylation is 1. The second-order valence-electron chi connectivity index (χ2n) is 5.38. The number of nitrogens with two attached hydrogens (primary N) is 1. The fraction of sp³-hybridized carbons (Fsp3) is 0.500. The predicted octanol–water partition coefficient (Wildman–Crippen LogP) is 2.06. The molecule has 2 amide bonds. The van der Waals surface area contributed by atoms with E-state index in [1.807, 2.05) is 13.0 Å². The highest BCUT2D eigenvalue weighted by molar-refractivity contribution is 5.97. The van der Waals surface area contributed by atoms with E-state index in [0.29, 0.717) is 30.1 Å². The van der Waals surface area contributed by atoms with E-state index < -0.39 is 0 Å². The molecule has 1 aromatic carbocycles. The summed E-state index contributed by atoms with van der Waals surface area (Å²) in [5.74, 6) is 0.247. The lowest BCUT2D eigenvalue weighted by Gasteiger charge is -2.12. The van der Waals surface area contributed by atoms with Gasteiger partial charge in [0.2, 0.25) is 5.91 Å². The lowest BCUT2D eigenvalue weighted by molar-refractivity contribution is -0.116. The summed E-state index contributed by atoms with van der Waals surface area (Å²) in [6.07, 6.45) is 2.21. The zero-order chi connectivity index (χ0) is 15.8. The van der Waals surface area contributed by atoms with Gasteiger partial charge in [0.15, 0.2) is 0 Å². The molecule has 1 rings (SSSR count). The summed E-state index contributed by atoms with van der Waals surface area (Å²) in [5.41, 5.74) is 7.66. The van der Waals surface area contributed by atoms with Gasteiger partial charge in [-0.15, -0.1) is 0 Å². The van der Waals surface area contributed by atoms with Gasteiger partial charge in [0.25, 0.3) is 5.91 Å². The van der Waals surface area contributed by atoms with Crippen molar-refractivity contribution in [2.45, 2.75) is 33.1 Å². The fourth-order valence-electron chi connectivity index (χ4n) is 2.06. The van der Waals surface area contributed by atoms with Gasteiger partial charge in [-0.2, -0.15) is 0 Å². The molecule has 0 aliphatic rings. The summed E-state index contributed by atoms with van der Waals surface area (Å²) in [4.78, 5) is 23.6. The van der Waals surface area contributed by atoms with Crippen LogP contribution >= 0.6 is 0 Å². The van der Waals surface area contributed by atoms with Gasteiger partial charge >= 0.3 is 0 Å². The maximum absolute atomic E-state index is 12.0. The molecule has 0 bridgehead atoms.